The Balaban J connectivity index is 1.42. The number of ether oxygens (including phenoxy) is 1. The molecule has 39 heavy (non-hydrogen) atoms. The lowest BCUT2D eigenvalue weighted by atomic mass is 10.1. The molecule has 0 saturated heterocycles. The maximum Gasteiger partial charge on any atom is 0.475 e. The van der Waals surface area contributed by atoms with E-state index in [-0.39, 0.29) is 26.4 Å². The SMILES string of the molecule is O=C(NC(COP(=O)(OCc1ccccc1)OCc1ccccc1)Cc1ccccc1)OCc1ccccc1. The largest absolute Gasteiger partial charge is 0.475 e. The van der Waals surface area contributed by atoms with E-state index in [1.165, 1.54) is 0 Å². The number of amides is 1. The van der Waals surface area contributed by atoms with Gasteiger partial charge in [-0.2, -0.15) is 0 Å². The van der Waals surface area contributed by atoms with Crippen LogP contribution in [0.15, 0.2) is 121 Å². The van der Waals surface area contributed by atoms with Crippen LogP contribution in [-0.4, -0.2) is 18.7 Å². The summed E-state index contributed by atoms with van der Waals surface area (Å²) in [6.45, 7) is 0.103. The number of alkyl carbamates (subject to hydrolysis) is 1. The molecule has 1 amide bonds. The minimum Gasteiger partial charge on any atom is -0.445 e. The van der Waals surface area contributed by atoms with Crippen LogP contribution in [0, 0.1) is 0 Å². The Morgan fingerprint density at radius 1 is 0.590 bits per heavy atom. The number of carbonyl (C=O) groups is 1. The Labute approximate surface area is 229 Å². The van der Waals surface area contributed by atoms with Gasteiger partial charge in [0.05, 0.1) is 25.9 Å². The van der Waals surface area contributed by atoms with Crippen molar-refractivity contribution in [3.63, 3.8) is 0 Å². The summed E-state index contributed by atoms with van der Waals surface area (Å²) in [5.74, 6) is 0. The zero-order chi connectivity index (χ0) is 27.2. The molecule has 1 N–H and O–H groups in total. The molecular weight excluding hydrogens is 513 g/mol. The summed E-state index contributed by atoms with van der Waals surface area (Å²) in [5.41, 5.74) is 3.50. The van der Waals surface area contributed by atoms with E-state index < -0.39 is 20.0 Å². The second kappa shape index (κ2) is 15.0. The zero-order valence-electron chi connectivity index (χ0n) is 21.6. The Morgan fingerprint density at radius 2 is 1.00 bits per heavy atom. The maximum atomic E-state index is 13.7. The van der Waals surface area contributed by atoms with E-state index in [1.807, 2.05) is 121 Å². The predicted molar refractivity (Wildman–Crippen MR) is 150 cm³/mol. The third-order valence-corrected chi connectivity index (χ3v) is 7.11. The number of hydrogen-bond donors (Lipinski definition) is 1. The third kappa shape index (κ3) is 10.2. The van der Waals surface area contributed by atoms with Crippen LogP contribution in [0.5, 0.6) is 0 Å². The van der Waals surface area contributed by atoms with Gasteiger partial charge in [-0.25, -0.2) is 9.36 Å². The van der Waals surface area contributed by atoms with E-state index >= 15 is 0 Å². The van der Waals surface area contributed by atoms with Crippen LogP contribution in [0.3, 0.4) is 0 Å². The van der Waals surface area contributed by atoms with Gasteiger partial charge in [-0.05, 0) is 28.7 Å². The number of carbonyl (C=O) groups excluding carboxylic acids is 1. The number of nitrogens with one attached hydrogen (secondary N) is 1. The average Bonchev–Trinajstić information content (AvgIpc) is 2.99. The van der Waals surface area contributed by atoms with E-state index in [9.17, 15) is 9.36 Å². The maximum absolute atomic E-state index is 13.7. The average molecular weight is 546 g/mol. The number of benzene rings is 4. The van der Waals surface area contributed by atoms with E-state index in [4.69, 9.17) is 18.3 Å². The van der Waals surface area contributed by atoms with Gasteiger partial charge < -0.3 is 10.1 Å². The summed E-state index contributed by atoms with van der Waals surface area (Å²) in [6.07, 6.45) is -0.174. The molecule has 0 fully saturated rings. The summed E-state index contributed by atoms with van der Waals surface area (Å²) in [6, 6.07) is 37.2. The number of phosphoric acid groups is 1. The van der Waals surface area contributed by atoms with Gasteiger partial charge in [0.2, 0.25) is 0 Å². The summed E-state index contributed by atoms with van der Waals surface area (Å²) >= 11 is 0. The summed E-state index contributed by atoms with van der Waals surface area (Å²) < 4.78 is 36.3. The topological polar surface area (TPSA) is 83.1 Å². The highest BCUT2D eigenvalue weighted by atomic mass is 31.2. The van der Waals surface area contributed by atoms with Crippen molar-refractivity contribution in [3.8, 4) is 0 Å². The lowest BCUT2D eigenvalue weighted by molar-refractivity contribution is 0.0904. The molecule has 1 unspecified atom stereocenters. The van der Waals surface area contributed by atoms with E-state index in [1.54, 1.807) is 0 Å². The summed E-state index contributed by atoms with van der Waals surface area (Å²) in [7, 11) is -4.01. The van der Waals surface area contributed by atoms with Crippen LogP contribution in [0.4, 0.5) is 4.79 Å². The molecule has 0 radical (unpaired) electrons. The fourth-order valence-corrected chi connectivity index (χ4v) is 4.93. The van der Waals surface area contributed by atoms with Gasteiger partial charge in [-0.1, -0.05) is 121 Å². The molecule has 0 heterocycles. The van der Waals surface area contributed by atoms with Crippen LogP contribution < -0.4 is 5.32 Å². The van der Waals surface area contributed by atoms with Crippen LogP contribution in [0.25, 0.3) is 0 Å². The monoisotopic (exact) mass is 545 g/mol. The van der Waals surface area contributed by atoms with Crippen molar-refractivity contribution in [2.45, 2.75) is 32.3 Å². The zero-order valence-corrected chi connectivity index (χ0v) is 22.5. The lowest BCUT2D eigenvalue weighted by Crippen LogP contribution is -2.40. The first-order chi connectivity index (χ1) is 19.1. The molecule has 0 bridgehead atoms. The molecule has 8 heteroatoms. The minimum atomic E-state index is -4.01. The van der Waals surface area contributed by atoms with Crippen molar-refractivity contribution in [2.75, 3.05) is 6.61 Å². The molecule has 7 nitrogen and oxygen atoms in total. The van der Waals surface area contributed by atoms with Gasteiger partial charge in [0.1, 0.15) is 6.61 Å². The molecular formula is C31H32NO6P. The van der Waals surface area contributed by atoms with Gasteiger partial charge >= 0.3 is 13.9 Å². The second-order valence-electron chi connectivity index (χ2n) is 8.85. The lowest BCUT2D eigenvalue weighted by Gasteiger charge is -2.23. The normalized spacial score (nSPS) is 12.0. The second-order valence-corrected chi connectivity index (χ2v) is 10.5. The Hall–Kier alpha value is -3.74. The number of rotatable bonds is 14. The molecule has 0 aliphatic heterocycles. The molecule has 0 spiro atoms. The first kappa shape index (κ1) is 28.3. The summed E-state index contributed by atoms with van der Waals surface area (Å²) in [5, 5.41) is 2.84. The standard InChI is InChI=1S/C31H32NO6P/c33-31(35-22-27-15-7-2-8-16-27)32-30(21-26-13-5-1-6-14-26)25-38-39(34,36-23-28-17-9-3-10-18-28)37-24-29-19-11-4-12-20-29/h1-20,30H,21-25H2,(H,32,33). The van der Waals surface area contributed by atoms with Gasteiger partial charge in [-0.3, -0.25) is 13.6 Å². The highest BCUT2D eigenvalue weighted by Gasteiger charge is 2.29. The molecule has 4 aromatic carbocycles. The quantitative estimate of drug-likeness (QED) is 0.171. The van der Waals surface area contributed by atoms with Crippen molar-refractivity contribution in [3.05, 3.63) is 144 Å². The fourth-order valence-electron chi connectivity index (χ4n) is 3.73. The highest BCUT2D eigenvalue weighted by Crippen LogP contribution is 2.51. The van der Waals surface area contributed by atoms with Crippen LogP contribution in [0.1, 0.15) is 22.3 Å². The molecule has 0 aliphatic rings. The van der Waals surface area contributed by atoms with E-state index in [0.717, 1.165) is 22.3 Å². The first-order valence-corrected chi connectivity index (χ1v) is 14.2. The van der Waals surface area contributed by atoms with Crippen molar-refractivity contribution >= 4 is 13.9 Å². The Morgan fingerprint density at radius 3 is 1.46 bits per heavy atom. The van der Waals surface area contributed by atoms with Crippen molar-refractivity contribution in [1.29, 1.82) is 0 Å². The van der Waals surface area contributed by atoms with Gasteiger partial charge in [-0.15, -0.1) is 0 Å². The highest BCUT2D eigenvalue weighted by molar-refractivity contribution is 7.48. The fraction of sp³-hybridized carbons (Fsp3) is 0.194. The van der Waals surface area contributed by atoms with E-state index in [2.05, 4.69) is 5.32 Å². The smallest absolute Gasteiger partial charge is 0.445 e. The molecule has 4 rings (SSSR count). The predicted octanol–water partition coefficient (Wildman–Crippen LogP) is 7.08. The summed E-state index contributed by atoms with van der Waals surface area (Å²) in [4.78, 5) is 12.6. The number of phosphoric ester groups is 1. The minimum absolute atomic E-state index is 0.0444. The first-order valence-electron chi connectivity index (χ1n) is 12.7. The molecule has 202 valence electrons. The molecule has 4 aromatic rings. The van der Waals surface area contributed by atoms with Crippen LogP contribution in [0.2, 0.25) is 0 Å². The van der Waals surface area contributed by atoms with Gasteiger partial charge in [0.15, 0.2) is 0 Å². The van der Waals surface area contributed by atoms with E-state index in [0.29, 0.717) is 6.42 Å². The Bertz CT molecular complexity index is 1260. The number of hydrogen-bond acceptors (Lipinski definition) is 6. The van der Waals surface area contributed by atoms with Gasteiger partial charge in [0, 0.05) is 0 Å². The van der Waals surface area contributed by atoms with Crippen LogP contribution >= 0.6 is 7.82 Å². The molecule has 0 saturated carbocycles. The van der Waals surface area contributed by atoms with Crippen molar-refractivity contribution in [1.82, 2.24) is 5.32 Å². The van der Waals surface area contributed by atoms with Gasteiger partial charge in [0.25, 0.3) is 0 Å². The molecule has 0 aromatic heterocycles. The Kier molecular flexibility index (Phi) is 10.9. The molecule has 0 aliphatic carbocycles. The van der Waals surface area contributed by atoms with Crippen molar-refractivity contribution < 1.29 is 27.7 Å². The van der Waals surface area contributed by atoms with Crippen molar-refractivity contribution in [2.24, 2.45) is 0 Å². The van der Waals surface area contributed by atoms with Crippen LogP contribution in [-0.2, 0) is 49.1 Å². The third-order valence-electron chi connectivity index (χ3n) is 5.76. The molecule has 1 atom stereocenters.